The van der Waals surface area contributed by atoms with Crippen LogP contribution in [0.1, 0.15) is 34.1 Å². The van der Waals surface area contributed by atoms with Crippen molar-refractivity contribution >= 4 is 5.97 Å². The Hall–Kier alpha value is -0.610. The Balaban J connectivity index is 2.73. The highest BCUT2D eigenvalue weighted by Gasteiger charge is 2.35. The van der Waals surface area contributed by atoms with Crippen molar-refractivity contribution in [2.45, 2.75) is 52.2 Å². The van der Waals surface area contributed by atoms with E-state index in [9.17, 15) is 4.79 Å². The number of piperazine rings is 1. The molecule has 0 N–H and O–H groups in total. The van der Waals surface area contributed by atoms with E-state index < -0.39 is 0 Å². The highest BCUT2D eigenvalue weighted by molar-refractivity contribution is 5.76. The van der Waals surface area contributed by atoms with Gasteiger partial charge in [-0.15, -0.1) is 0 Å². The first-order chi connectivity index (χ1) is 8.01. The lowest BCUT2D eigenvalue weighted by atomic mass is 10.1. The fraction of sp³-hybridized carbons (Fsp3) is 0.923. The van der Waals surface area contributed by atoms with Gasteiger partial charge in [-0.05, 0) is 27.2 Å². The van der Waals surface area contributed by atoms with Gasteiger partial charge >= 0.3 is 5.97 Å². The van der Waals surface area contributed by atoms with Gasteiger partial charge in [-0.2, -0.15) is 0 Å². The second kappa shape index (κ2) is 6.36. The molecular formula is C13H26N2O2. The number of methoxy groups -OCH3 is 1. The van der Waals surface area contributed by atoms with E-state index in [4.69, 9.17) is 4.74 Å². The Labute approximate surface area is 105 Å². The number of nitrogens with zero attached hydrogens (tertiary/aromatic N) is 2. The lowest BCUT2D eigenvalue weighted by Gasteiger charge is -2.44. The van der Waals surface area contributed by atoms with Crippen LogP contribution in [0.5, 0.6) is 0 Å². The summed E-state index contributed by atoms with van der Waals surface area (Å²) >= 11 is 0. The maximum atomic E-state index is 11.8. The largest absolute Gasteiger partial charge is 0.468 e. The minimum Gasteiger partial charge on any atom is -0.468 e. The lowest BCUT2D eigenvalue weighted by Crippen LogP contribution is -2.60. The normalized spacial score (nSPS) is 24.9. The summed E-state index contributed by atoms with van der Waals surface area (Å²) in [5.41, 5.74) is 0. The molecular weight excluding hydrogens is 216 g/mol. The molecule has 1 fully saturated rings. The molecule has 0 bridgehead atoms. The summed E-state index contributed by atoms with van der Waals surface area (Å²) in [6.45, 7) is 11.5. The third-order valence-electron chi connectivity index (χ3n) is 3.80. The summed E-state index contributed by atoms with van der Waals surface area (Å²) in [5.74, 6) is -0.105. The summed E-state index contributed by atoms with van der Waals surface area (Å²) in [7, 11) is 1.48. The van der Waals surface area contributed by atoms with Crippen LogP contribution >= 0.6 is 0 Å². The molecule has 0 radical (unpaired) electrons. The van der Waals surface area contributed by atoms with Gasteiger partial charge in [0.15, 0.2) is 0 Å². The summed E-state index contributed by atoms with van der Waals surface area (Å²) in [6, 6.07) is 0.817. The monoisotopic (exact) mass is 242 g/mol. The molecule has 2 atom stereocenters. The van der Waals surface area contributed by atoms with Crippen molar-refractivity contribution in [3.63, 3.8) is 0 Å². The Morgan fingerprint density at radius 2 is 2.00 bits per heavy atom. The molecule has 0 aromatic carbocycles. The lowest BCUT2D eigenvalue weighted by molar-refractivity contribution is -0.151. The van der Waals surface area contributed by atoms with E-state index in [1.165, 1.54) is 7.11 Å². The zero-order chi connectivity index (χ0) is 13.0. The molecule has 0 amide bonds. The zero-order valence-corrected chi connectivity index (χ0v) is 11.8. The Morgan fingerprint density at radius 3 is 2.47 bits per heavy atom. The Bertz CT molecular complexity index is 256. The van der Waals surface area contributed by atoms with Crippen LogP contribution in [0.25, 0.3) is 0 Å². The van der Waals surface area contributed by atoms with Crippen molar-refractivity contribution in [2.75, 3.05) is 26.7 Å². The van der Waals surface area contributed by atoms with Crippen LogP contribution < -0.4 is 0 Å². The molecule has 1 rings (SSSR count). The molecule has 0 aromatic rings. The smallest absolute Gasteiger partial charge is 0.324 e. The summed E-state index contributed by atoms with van der Waals surface area (Å²) < 4.78 is 4.92. The molecule has 4 heteroatoms. The average molecular weight is 242 g/mol. The van der Waals surface area contributed by atoms with Gasteiger partial charge < -0.3 is 4.74 Å². The predicted octanol–water partition coefficient (Wildman–Crippen LogP) is 1.35. The first-order valence-corrected chi connectivity index (χ1v) is 6.58. The van der Waals surface area contributed by atoms with Crippen molar-refractivity contribution < 1.29 is 9.53 Å². The highest BCUT2D eigenvalue weighted by Crippen LogP contribution is 2.17. The Morgan fingerprint density at radius 1 is 1.35 bits per heavy atom. The number of ether oxygens (including phenoxy) is 1. The predicted molar refractivity (Wildman–Crippen MR) is 69.0 cm³/mol. The van der Waals surface area contributed by atoms with Crippen LogP contribution in [-0.2, 0) is 9.53 Å². The van der Waals surface area contributed by atoms with E-state index in [-0.39, 0.29) is 12.0 Å². The molecule has 1 aliphatic rings. The molecule has 100 valence electrons. The van der Waals surface area contributed by atoms with Gasteiger partial charge in [-0.25, -0.2) is 0 Å². The van der Waals surface area contributed by atoms with Gasteiger partial charge in [-0.1, -0.05) is 6.92 Å². The SMILES string of the molecule is CCC(C)N1CCN(C(C)C)C(C(=O)OC)C1. The molecule has 4 nitrogen and oxygen atoms in total. The van der Waals surface area contributed by atoms with Gasteiger partial charge in [0.05, 0.1) is 7.11 Å². The van der Waals surface area contributed by atoms with E-state index in [1.807, 2.05) is 0 Å². The van der Waals surface area contributed by atoms with E-state index in [2.05, 4.69) is 37.5 Å². The Kier molecular flexibility index (Phi) is 5.40. The van der Waals surface area contributed by atoms with E-state index >= 15 is 0 Å². The minimum atomic E-state index is -0.109. The maximum absolute atomic E-state index is 11.8. The van der Waals surface area contributed by atoms with Crippen LogP contribution in [0.3, 0.4) is 0 Å². The fourth-order valence-corrected chi connectivity index (χ4v) is 2.44. The fourth-order valence-electron chi connectivity index (χ4n) is 2.44. The highest BCUT2D eigenvalue weighted by atomic mass is 16.5. The molecule has 0 aromatic heterocycles. The van der Waals surface area contributed by atoms with Crippen molar-refractivity contribution in [1.29, 1.82) is 0 Å². The number of hydrogen-bond acceptors (Lipinski definition) is 4. The topological polar surface area (TPSA) is 32.8 Å². The molecule has 1 saturated heterocycles. The van der Waals surface area contributed by atoms with Crippen molar-refractivity contribution in [3.05, 3.63) is 0 Å². The van der Waals surface area contributed by atoms with Gasteiger partial charge in [0, 0.05) is 31.7 Å². The van der Waals surface area contributed by atoms with Crippen LogP contribution in [0.15, 0.2) is 0 Å². The second-order valence-corrected chi connectivity index (χ2v) is 5.12. The molecule has 1 heterocycles. The quantitative estimate of drug-likeness (QED) is 0.697. The van der Waals surface area contributed by atoms with Crippen LogP contribution in [0, 0.1) is 0 Å². The third-order valence-corrected chi connectivity index (χ3v) is 3.80. The number of carbonyl (C=O) groups is 1. The van der Waals surface area contributed by atoms with Crippen molar-refractivity contribution in [2.24, 2.45) is 0 Å². The van der Waals surface area contributed by atoms with Crippen molar-refractivity contribution in [1.82, 2.24) is 9.80 Å². The van der Waals surface area contributed by atoms with Gasteiger partial charge in [0.25, 0.3) is 0 Å². The molecule has 2 unspecified atom stereocenters. The van der Waals surface area contributed by atoms with Crippen LogP contribution in [0.4, 0.5) is 0 Å². The summed E-state index contributed by atoms with van der Waals surface area (Å²) in [6.07, 6.45) is 1.12. The molecule has 17 heavy (non-hydrogen) atoms. The summed E-state index contributed by atoms with van der Waals surface area (Å²) in [4.78, 5) is 16.5. The first-order valence-electron chi connectivity index (χ1n) is 6.58. The van der Waals surface area contributed by atoms with E-state index in [1.54, 1.807) is 0 Å². The molecule has 0 aliphatic carbocycles. The van der Waals surface area contributed by atoms with Crippen molar-refractivity contribution in [3.8, 4) is 0 Å². The average Bonchev–Trinajstić information content (AvgIpc) is 2.35. The number of rotatable bonds is 4. The third kappa shape index (κ3) is 3.42. The number of hydrogen-bond donors (Lipinski definition) is 0. The molecule has 0 saturated carbocycles. The molecule has 1 aliphatic heterocycles. The van der Waals surface area contributed by atoms with E-state index in [0.29, 0.717) is 12.1 Å². The number of esters is 1. The standard InChI is InChI=1S/C13H26N2O2/c1-6-11(4)14-7-8-15(10(2)3)12(9-14)13(16)17-5/h10-12H,6-9H2,1-5H3. The summed E-state index contributed by atoms with van der Waals surface area (Å²) in [5, 5.41) is 0. The van der Waals surface area contributed by atoms with Gasteiger partial charge in [0.2, 0.25) is 0 Å². The van der Waals surface area contributed by atoms with Crippen LogP contribution in [0.2, 0.25) is 0 Å². The van der Waals surface area contributed by atoms with Gasteiger partial charge in [-0.3, -0.25) is 14.6 Å². The minimum absolute atomic E-state index is 0.105. The second-order valence-electron chi connectivity index (χ2n) is 5.12. The van der Waals surface area contributed by atoms with E-state index in [0.717, 1.165) is 26.1 Å². The number of carbonyl (C=O) groups excluding carboxylic acids is 1. The first kappa shape index (κ1) is 14.5. The van der Waals surface area contributed by atoms with Crippen LogP contribution in [-0.4, -0.2) is 60.6 Å². The van der Waals surface area contributed by atoms with Gasteiger partial charge in [0.1, 0.15) is 6.04 Å². The maximum Gasteiger partial charge on any atom is 0.324 e. The molecule has 0 spiro atoms. The zero-order valence-electron chi connectivity index (χ0n) is 11.8.